The van der Waals surface area contributed by atoms with Crippen molar-refractivity contribution in [3.05, 3.63) is 0 Å². The number of hydrogen-bond donors (Lipinski definition) is 2. The van der Waals surface area contributed by atoms with Crippen LogP contribution in [0.15, 0.2) is 0 Å². The van der Waals surface area contributed by atoms with Crippen molar-refractivity contribution in [2.75, 3.05) is 0 Å². The number of terminal acetylenes is 1. The fourth-order valence-electron chi connectivity index (χ4n) is 3.08. The molecule has 2 amide bonds. The standard InChI is InChI=1S/C13H18N2O3/c1-3-4-8(2)14-13(18)15-9-5-6-11(15)10(7-9)12(16)17/h1,8-11H,4-7H2,2H3,(H,14,18)(H,16,17). The molecule has 18 heavy (non-hydrogen) atoms. The molecule has 2 rings (SSSR count). The molecule has 98 valence electrons. The first kappa shape index (κ1) is 12.7. The average Bonchev–Trinajstić information content (AvgIpc) is 2.85. The molecule has 2 aliphatic rings. The molecule has 5 nitrogen and oxygen atoms in total. The minimum absolute atomic E-state index is 0.0779. The lowest BCUT2D eigenvalue weighted by molar-refractivity contribution is -0.142. The largest absolute Gasteiger partial charge is 0.481 e. The van der Waals surface area contributed by atoms with E-state index in [0.717, 1.165) is 12.8 Å². The van der Waals surface area contributed by atoms with Gasteiger partial charge in [-0.2, -0.15) is 0 Å². The number of nitrogens with one attached hydrogen (secondary N) is 1. The van der Waals surface area contributed by atoms with Crippen LogP contribution in [-0.4, -0.2) is 40.1 Å². The van der Waals surface area contributed by atoms with Crippen LogP contribution in [0.25, 0.3) is 0 Å². The number of carboxylic acid groups (broad SMARTS) is 1. The van der Waals surface area contributed by atoms with Crippen molar-refractivity contribution in [3.8, 4) is 12.3 Å². The number of carboxylic acids is 1. The Hall–Kier alpha value is -1.70. The topological polar surface area (TPSA) is 69.6 Å². The molecule has 2 heterocycles. The Morgan fingerprint density at radius 3 is 2.83 bits per heavy atom. The Balaban J connectivity index is 2.00. The van der Waals surface area contributed by atoms with Crippen LogP contribution in [0.5, 0.6) is 0 Å². The summed E-state index contributed by atoms with van der Waals surface area (Å²) in [6.07, 6.45) is 7.96. The zero-order chi connectivity index (χ0) is 13.3. The summed E-state index contributed by atoms with van der Waals surface area (Å²) in [5, 5.41) is 12.0. The first-order chi connectivity index (χ1) is 8.54. The second-order valence-electron chi connectivity index (χ2n) is 5.15. The minimum Gasteiger partial charge on any atom is -0.481 e. The third-order valence-electron chi connectivity index (χ3n) is 3.88. The number of urea groups is 1. The van der Waals surface area contributed by atoms with E-state index in [1.54, 1.807) is 4.90 Å². The number of hydrogen-bond acceptors (Lipinski definition) is 2. The zero-order valence-corrected chi connectivity index (χ0v) is 10.4. The van der Waals surface area contributed by atoms with Gasteiger partial charge < -0.3 is 15.3 Å². The SMILES string of the molecule is C#CCC(C)NC(=O)N1C2CCC1C(C(=O)O)C2. The quantitative estimate of drug-likeness (QED) is 0.735. The maximum atomic E-state index is 12.1. The first-order valence-corrected chi connectivity index (χ1v) is 6.29. The fraction of sp³-hybridized carbons (Fsp3) is 0.692. The molecule has 4 atom stereocenters. The van der Waals surface area contributed by atoms with E-state index in [-0.39, 0.29) is 24.2 Å². The Morgan fingerprint density at radius 1 is 1.56 bits per heavy atom. The van der Waals surface area contributed by atoms with Crippen LogP contribution in [0.3, 0.4) is 0 Å². The highest BCUT2D eigenvalue weighted by atomic mass is 16.4. The van der Waals surface area contributed by atoms with Crippen molar-refractivity contribution in [2.24, 2.45) is 5.92 Å². The van der Waals surface area contributed by atoms with Crippen LogP contribution >= 0.6 is 0 Å². The number of carbonyl (C=O) groups excluding carboxylic acids is 1. The van der Waals surface area contributed by atoms with Crippen molar-refractivity contribution >= 4 is 12.0 Å². The van der Waals surface area contributed by atoms with Crippen LogP contribution in [0, 0.1) is 18.3 Å². The molecule has 2 bridgehead atoms. The zero-order valence-electron chi connectivity index (χ0n) is 10.4. The molecule has 0 aromatic rings. The van der Waals surface area contributed by atoms with E-state index in [1.807, 2.05) is 6.92 Å². The van der Waals surface area contributed by atoms with E-state index in [0.29, 0.717) is 12.8 Å². The number of carbonyl (C=O) groups is 2. The van der Waals surface area contributed by atoms with Gasteiger partial charge in [0, 0.05) is 24.5 Å². The second kappa shape index (κ2) is 4.89. The van der Waals surface area contributed by atoms with Crippen molar-refractivity contribution in [3.63, 3.8) is 0 Å². The third kappa shape index (κ3) is 2.15. The number of aliphatic carboxylic acids is 1. The van der Waals surface area contributed by atoms with E-state index in [9.17, 15) is 9.59 Å². The number of nitrogens with zero attached hydrogens (tertiary/aromatic N) is 1. The van der Waals surface area contributed by atoms with Gasteiger partial charge in [-0.05, 0) is 26.2 Å². The molecule has 0 aromatic carbocycles. The van der Waals surface area contributed by atoms with Gasteiger partial charge in [-0.15, -0.1) is 12.3 Å². The van der Waals surface area contributed by atoms with Crippen LogP contribution in [0.1, 0.15) is 32.6 Å². The monoisotopic (exact) mass is 250 g/mol. The number of rotatable bonds is 3. The smallest absolute Gasteiger partial charge is 0.318 e. The highest BCUT2D eigenvalue weighted by Gasteiger charge is 2.51. The highest BCUT2D eigenvalue weighted by molar-refractivity contribution is 5.79. The Labute approximate surface area is 107 Å². The van der Waals surface area contributed by atoms with Crippen LogP contribution < -0.4 is 5.32 Å². The molecule has 2 fully saturated rings. The predicted molar refractivity (Wildman–Crippen MR) is 65.8 cm³/mol. The molecule has 5 heteroatoms. The van der Waals surface area contributed by atoms with E-state index < -0.39 is 11.9 Å². The van der Waals surface area contributed by atoms with Crippen molar-refractivity contribution in [1.82, 2.24) is 10.2 Å². The van der Waals surface area contributed by atoms with E-state index in [4.69, 9.17) is 11.5 Å². The Morgan fingerprint density at radius 2 is 2.28 bits per heavy atom. The van der Waals surface area contributed by atoms with Crippen LogP contribution in [0.2, 0.25) is 0 Å². The van der Waals surface area contributed by atoms with Gasteiger partial charge in [0.25, 0.3) is 0 Å². The minimum atomic E-state index is -0.795. The van der Waals surface area contributed by atoms with Gasteiger partial charge in [0.2, 0.25) is 0 Å². The van der Waals surface area contributed by atoms with E-state index in [2.05, 4.69) is 11.2 Å². The summed E-state index contributed by atoms with van der Waals surface area (Å²) in [6.45, 7) is 1.85. The highest BCUT2D eigenvalue weighted by Crippen LogP contribution is 2.41. The van der Waals surface area contributed by atoms with Gasteiger partial charge in [-0.3, -0.25) is 4.79 Å². The van der Waals surface area contributed by atoms with Gasteiger partial charge in [-0.1, -0.05) is 0 Å². The van der Waals surface area contributed by atoms with Gasteiger partial charge in [0.05, 0.1) is 5.92 Å². The summed E-state index contributed by atoms with van der Waals surface area (Å²) in [5.41, 5.74) is 0. The van der Waals surface area contributed by atoms with Gasteiger partial charge >= 0.3 is 12.0 Å². The van der Waals surface area contributed by atoms with Crippen LogP contribution in [0.4, 0.5) is 4.79 Å². The molecule has 0 aromatic heterocycles. The molecular weight excluding hydrogens is 232 g/mol. The normalized spacial score (nSPS) is 30.9. The van der Waals surface area contributed by atoms with Gasteiger partial charge in [0.1, 0.15) is 0 Å². The predicted octanol–water partition coefficient (Wildman–Crippen LogP) is 1.05. The molecule has 0 aliphatic carbocycles. The summed E-state index contributed by atoms with van der Waals surface area (Å²) in [5.74, 6) is 1.30. The molecule has 2 saturated heterocycles. The lowest BCUT2D eigenvalue weighted by atomic mass is 9.89. The first-order valence-electron chi connectivity index (χ1n) is 6.29. The fourth-order valence-corrected chi connectivity index (χ4v) is 3.08. The van der Waals surface area contributed by atoms with Crippen molar-refractivity contribution < 1.29 is 14.7 Å². The summed E-state index contributed by atoms with van der Waals surface area (Å²) in [7, 11) is 0. The number of amides is 2. The molecule has 0 radical (unpaired) electrons. The van der Waals surface area contributed by atoms with Gasteiger partial charge in [-0.25, -0.2) is 4.79 Å². The van der Waals surface area contributed by atoms with Crippen molar-refractivity contribution in [2.45, 2.75) is 50.7 Å². The molecule has 4 unspecified atom stereocenters. The molecule has 2 aliphatic heterocycles. The van der Waals surface area contributed by atoms with E-state index >= 15 is 0 Å². The maximum absolute atomic E-state index is 12.1. The van der Waals surface area contributed by atoms with Gasteiger partial charge in [0.15, 0.2) is 0 Å². The Kier molecular flexibility index (Phi) is 3.46. The maximum Gasteiger partial charge on any atom is 0.318 e. The average molecular weight is 250 g/mol. The second-order valence-corrected chi connectivity index (χ2v) is 5.15. The Bertz CT molecular complexity index is 402. The summed E-state index contributed by atoms with van der Waals surface area (Å²) in [4.78, 5) is 24.9. The third-order valence-corrected chi connectivity index (χ3v) is 3.88. The summed E-state index contributed by atoms with van der Waals surface area (Å²) in [6, 6.07) is -0.320. The molecule has 0 spiro atoms. The summed E-state index contributed by atoms with van der Waals surface area (Å²) < 4.78 is 0. The molecule has 0 saturated carbocycles. The lowest BCUT2D eigenvalue weighted by Gasteiger charge is -2.25. The van der Waals surface area contributed by atoms with E-state index in [1.165, 1.54) is 0 Å². The van der Waals surface area contributed by atoms with Crippen LogP contribution in [-0.2, 0) is 4.79 Å². The lowest BCUT2D eigenvalue weighted by Crippen LogP contribution is -2.47. The molecular formula is C13H18N2O3. The molecule has 2 N–H and O–H groups in total. The summed E-state index contributed by atoms with van der Waals surface area (Å²) >= 11 is 0. The number of fused-ring (bicyclic) bond motifs is 2. The van der Waals surface area contributed by atoms with Crippen molar-refractivity contribution in [1.29, 1.82) is 0 Å².